The Morgan fingerprint density at radius 2 is 2.08 bits per heavy atom. The fourth-order valence-corrected chi connectivity index (χ4v) is 2.53. The zero-order valence-electron chi connectivity index (χ0n) is 12.9. The van der Waals surface area contributed by atoms with E-state index in [2.05, 4.69) is 10.6 Å². The zero-order chi connectivity index (χ0) is 17.9. The number of anilines is 1. The lowest BCUT2D eigenvalue weighted by molar-refractivity contribution is -0.140. The molecule has 0 spiro atoms. The molecule has 1 fully saturated rings. The monoisotopic (exact) mass is 347 g/mol. The molecular weight excluding hydrogens is 330 g/mol. The number of halogens is 4. The van der Waals surface area contributed by atoms with Gasteiger partial charge in [-0.1, -0.05) is 6.92 Å². The summed E-state index contributed by atoms with van der Waals surface area (Å²) in [6.45, 7) is 2.91. The SMILES string of the molecule is CCCN1CC(NC(=O)Nc2ccc(C(F)(F)F)c(F)c2)CC1=O. The van der Waals surface area contributed by atoms with E-state index >= 15 is 0 Å². The average Bonchev–Trinajstić information content (AvgIpc) is 2.77. The molecule has 0 aromatic heterocycles. The van der Waals surface area contributed by atoms with Crippen LogP contribution in [0.4, 0.5) is 28.0 Å². The van der Waals surface area contributed by atoms with Crippen molar-refractivity contribution >= 4 is 17.6 Å². The average molecular weight is 347 g/mol. The molecule has 0 radical (unpaired) electrons. The number of hydrogen-bond acceptors (Lipinski definition) is 2. The molecule has 2 rings (SSSR count). The molecule has 132 valence electrons. The summed E-state index contributed by atoms with van der Waals surface area (Å²) in [4.78, 5) is 25.2. The van der Waals surface area contributed by atoms with Crippen molar-refractivity contribution < 1.29 is 27.2 Å². The molecule has 24 heavy (non-hydrogen) atoms. The van der Waals surface area contributed by atoms with Crippen LogP contribution < -0.4 is 10.6 Å². The standard InChI is InChI=1S/C15H17F4N3O2/c1-2-5-22-8-10(7-13(22)23)21-14(24)20-9-3-4-11(12(16)6-9)15(17,18)19/h3-4,6,10H,2,5,7-8H2,1H3,(H2,20,21,24). The summed E-state index contributed by atoms with van der Waals surface area (Å²) in [5.41, 5.74) is -1.50. The van der Waals surface area contributed by atoms with E-state index in [1.54, 1.807) is 4.90 Å². The van der Waals surface area contributed by atoms with Gasteiger partial charge in [0.05, 0.1) is 11.6 Å². The molecule has 1 saturated heterocycles. The van der Waals surface area contributed by atoms with E-state index in [4.69, 9.17) is 0 Å². The van der Waals surface area contributed by atoms with Gasteiger partial charge < -0.3 is 15.5 Å². The Morgan fingerprint density at radius 1 is 1.38 bits per heavy atom. The molecule has 3 amide bonds. The smallest absolute Gasteiger partial charge is 0.341 e. The molecule has 0 aliphatic carbocycles. The van der Waals surface area contributed by atoms with Gasteiger partial charge in [-0.05, 0) is 24.6 Å². The topological polar surface area (TPSA) is 61.4 Å². The normalized spacial score (nSPS) is 18.0. The minimum Gasteiger partial charge on any atom is -0.341 e. The summed E-state index contributed by atoms with van der Waals surface area (Å²) >= 11 is 0. The summed E-state index contributed by atoms with van der Waals surface area (Å²) in [7, 11) is 0. The molecular formula is C15H17F4N3O2. The number of nitrogens with one attached hydrogen (secondary N) is 2. The van der Waals surface area contributed by atoms with Crippen LogP contribution in [0, 0.1) is 5.82 Å². The summed E-state index contributed by atoms with van der Waals surface area (Å²) in [5.74, 6) is -1.53. The lowest BCUT2D eigenvalue weighted by Gasteiger charge is -2.16. The molecule has 0 bridgehead atoms. The number of hydrogen-bond donors (Lipinski definition) is 2. The summed E-state index contributed by atoms with van der Waals surface area (Å²) in [6, 6.07) is 1.04. The lowest BCUT2D eigenvalue weighted by Crippen LogP contribution is -2.39. The van der Waals surface area contributed by atoms with Crippen LogP contribution in [0.3, 0.4) is 0 Å². The molecule has 1 aromatic rings. The highest BCUT2D eigenvalue weighted by atomic mass is 19.4. The van der Waals surface area contributed by atoms with Crippen molar-refractivity contribution in [2.45, 2.75) is 32.0 Å². The molecule has 1 aromatic carbocycles. The van der Waals surface area contributed by atoms with Gasteiger partial charge in [-0.2, -0.15) is 13.2 Å². The van der Waals surface area contributed by atoms with Crippen molar-refractivity contribution in [1.29, 1.82) is 0 Å². The Kier molecular flexibility index (Phi) is 5.30. The first-order valence-corrected chi connectivity index (χ1v) is 7.42. The van der Waals surface area contributed by atoms with Crippen molar-refractivity contribution in [3.63, 3.8) is 0 Å². The number of carbonyl (C=O) groups is 2. The van der Waals surface area contributed by atoms with Crippen molar-refractivity contribution in [3.05, 3.63) is 29.6 Å². The maximum absolute atomic E-state index is 13.4. The van der Waals surface area contributed by atoms with E-state index in [0.717, 1.165) is 12.5 Å². The predicted molar refractivity (Wildman–Crippen MR) is 78.8 cm³/mol. The quantitative estimate of drug-likeness (QED) is 0.823. The number of nitrogens with zero attached hydrogens (tertiary/aromatic N) is 1. The Balaban J connectivity index is 1.94. The number of likely N-dealkylation sites (tertiary alicyclic amines) is 1. The highest BCUT2D eigenvalue weighted by Gasteiger charge is 2.34. The maximum atomic E-state index is 13.4. The fraction of sp³-hybridized carbons (Fsp3) is 0.467. The summed E-state index contributed by atoms with van der Waals surface area (Å²) in [5, 5.41) is 4.82. The van der Waals surface area contributed by atoms with Crippen LogP contribution in [0.1, 0.15) is 25.3 Å². The third kappa shape index (κ3) is 4.36. The molecule has 0 saturated carbocycles. The van der Waals surface area contributed by atoms with E-state index in [0.29, 0.717) is 25.2 Å². The highest BCUT2D eigenvalue weighted by molar-refractivity contribution is 5.90. The van der Waals surface area contributed by atoms with Crippen LogP contribution in [0.2, 0.25) is 0 Å². The van der Waals surface area contributed by atoms with Gasteiger partial charge in [0.1, 0.15) is 5.82 Å². The second-order valence-corrected chi connectivity index (χ2v) is 5.53. The van der Waals surface area contributed by atoms with Crippen LogP contribution >= 0.6 is 0 Å². The molecule has 1 unspecified atom stereocenters. The molecule has 1 aliphatic heterocycles. The van der Waals surface area contributed by atoms with Crippen molar-refractivity contribution in [1.82, 2.24) is 10.2 Å². The van der Waals surface area contributed by atoms with Gasteiger partial charge >= 0.3 is 12.2 Å². The van der Waals surface area contributed by atoms with Gasteiger partial charge in [0.2, 0.25) is 5.91 Å². The van der Waals surface area contributed by atoms with E-state index < -0.39 is 23.6 Å². The van der Waals surface area contributed by atoms with Crippen LogP contribution in [-0.2, 0) is 11.0 Å². The first-order valence-electron chi connectivity index (χ1n) is 7.42. The van der Waals surface area contributed by atoms with Crippen molar-refractivity contribution in [2.24, 2.45) is 0 Å². The number of amides is 3. The summed E-state index contributed by atoms with van der Waals surface area (Å²) < 4.78 is 50.9. The molecule has 1 atom stereocenters. The fourth-order valence-electron chi connectivity index (χ4n) is 2.53. The predicted octanol–water partition coefficient (Wildman–Crippen LogP) is 2.98. The molecule has 5 nitrogen and oxygen atoms in total. The van der Waals surface area contributed by atoms with Gasteiger partial charge in [-0.3, -0.25) is 4.79 Å². The lowest BCUT2D eigenvalue weighted by atomic mass is 10.2. The van der Waals surface area contributed by atoms with Crippen LogP contribution in [0.5, 0.6) is 0 Å². The van der Waals surface area contributed by atoms with Crippen molar-refractivity contribution in [3.8, 4) is 0 Å². The molecule has 2 N–H and O–H groups in total. The Morgan fingerprint density at radius 3 is 2.67 bits per heavy atom. The Bertz CT molecular complexity index is 634. The number of benzene rings is 1. The van der Waals surface area contributed by atoms with Crippen LogP contribution in [-0.4, -0.2) is 36.0 Å². The third-order valence-electron chi connectivity index (χ3n) is 3.58. The van der Waals surface area contributed by atoms with Gasteiger partial charge in [-0.15, -0.1) is 0 Å². The molecule has 1 heterocycles. The van der Waals surface area contributed by atoms with E-state index in [9.17, 15) is 27.2 Å². The van der Waals surface area contributed by atoms with E-state index in [-0.39, 0.29) is 24.1 Å². The highest BCUT2D eigenvalue weighted by Crippen LogP contribution is 2.32. The second kappa shape index (κ2) is 7.06. The summed E-state index contributed by atoms with van der Waals surface area (Å²) in [6.07, 6.45) is -3.83. The first-order chi connectivity index (χ1) is 11.2. The Labute approximate surface area is 136 Å². The molecule has 1 aliphatic rings. The minimum absolute atomic E-state index is 0.0669. The van der Waals surface area contributed by atoms with Crippen LogP contribution in [0.25, 0.3) is 0 Å². The number of rotatable bonds is 4. The Hall–Kier alpha value is -2.32. The molecule has 9 heteroatoms. The number of urea groups is 1. The zero-order valence-corrected chi connectivity index (χ0v) is 12.9. The van der Waals surface area contributed by atoms with Gasteiger partial charge in [0.15, 0.2) is 0 Å². The second-order valence-electron chi connectivity index (χ2n) is 5.53. The number of carbonyl (C=O) groups excluding carboxylic acids is 2. The first kappa shape index (κ1) is 18.0. The van der Waals surface area contributed by atoms with Crippen molar-refractivity contribution in [2.75, 3.05) is 18.4 Å². The van der Waals surface area contributed by atoms with Gasteiger partial charge in [-0.25, -0.2) is 9.18 Å². The van der Waals surface area contributed by atoms with Gasteiger partial charge in [0.25, 0.3) is 0 Å². The van der Waals surface area contributed by atoms with E-state index in [1.807, 2.05) is 6.92 Å². The largest absolute Gasteiger partial charge is 0.419 e. The van der Waals surface area contributed by atoms with E-state index in [1.165, 1.54) is 0 Å². The van der Waals surface area contributed by atoms with Gasteiger partial charge in [0, 0.05) is 25.2 Å². The minimum atomic E-state index is -4.79. The van der Waals surface area contributed by atoms with Crippen LogP contribution in [0.15, 0.2) is 18.2 Å². The third-order valence-corrected chi connectivity index (χ3v) is 3.58. The number of alkyl halides is 3. The maximum Gasteiger partial charge on any atom is 0.419 e.